The first-order valence-corrected chi connectivity index (χ1v) is 8.44. The Hall–Kier alpha value is -2.12. The van der Waals surface area contributed by atoms with Crippen LogP contribution in [-0.2, 0) is 16.0 Å². The quantitative estimate of drug-likeness (QED) is 0.833. The fourth-order valence-electron chi connectivity index (χ4n) is 2.47. The molecule has 1 aliphatic carbocycles. The highest BCUT2D eigenvalue weighted by molar-refractivity contribution is 7.15. The van der Waals surface area contributed by atoms with Crippen molar-refractivity contribution in [1.82, 2.24) is 4.98 Å². The summed E-state index contributed by atoms with van der Waals surface area (Å²) in [4.78, 5) is 16.6. The smallest absolute Gasteiger partial charge is 0.257 e. The molecule has 1 saturated carbocycles. The van der Waals surface area contributed by atoms with E-state index in [2.05, 4.69) is 10.3 Å². The molecule has 3 rings (SSSR count). The lowest BCUT2D eigenvalue weighted by molar-refractivity contribution is -0.127. The van der Waals surface area contributed by atoms with Crippen molar-refractivity contribution < 1.29 is 19.0 Å². The number of nitrogens with zero attached hydrogens (tertiary/aromatic N) is 1. The van der Waals surface area contributed by atoms with Crippen LogP contribution < -0.4 is 14.8 Å². The summed E-state index contributed by atoms with van der Waals surface area (Å²) in [5.41, 5.74) is 0.379. The summed E-state index contributed by atoms with van der Waals surface area (Å²) < 4.78 is 15.9. The van der Waals surface area contributed by atoms with Crippen molar-refractivity contribution in [2.75, 3.05) is 26.6 Å². The normalized spacial score (nSPS) is 15.0. The maximum Gasteiger partial charge on any atom is 0.257 e. The van der Waals surface area contributed by atoms with Crippen LogP contribution in [0.4, 0.5) is 5.00 Å². The van der Waals surface area contributed by atoms with Gasteiger partial charge in [0.25, 0.3) is 5.91 Å². The van der Waals surface area contributed by atoms with Crippen LogP contribution in [0.25, 0.3) is 0 Å². The van der Waals surface area contributed by atoms with Gasteiger partial charge in [-0.3, -0.25) is 4.79 Å². The maximum absolute atomic E-state index is 12.2. The molecule has 1 fully saturated rings. The SMILES string of the molecule is COc1ccc(Cc2ncc(NC(=O)C3(OC)CC3)s2)c(OC)c1. The Balaban J connectivity index is 1.69. The number of anilines is 1. The molecule has 0 unspecified atom stereocenters. The zero-order valence-electron chi connectivity index (χ0n) is 13.9. The second-order valence-corrected chi connectivity index (χ2v) is 6.74. The minimum Gasteiger partial charge on any atom is -0.497 e. The van der Waals surface area contributed by atoms with Crippen molar-refractivity contribution in [1.29, 1.82) is 0 Å². The van der Waals surface area contributed by atoms with Gasteiger partial charge in [-0.2, -0.15) is 0 Å². The molecule has 6 nitrogen and oxygen atoms in total. The van der Waals surface area contributed by atoms with Crippen LogP contribution in [0.2, 0.25) is 0 Å². The van der Waals surface area contributed by atoms with Crippen molar-refractivity contribution in [2.24, 2.45) is 0 Å². The topological polar surface area (TPSA) is 69.7 Å². The van der Waals surface area contributed by atoms with Crippen molar-refractivity contribution >= 4 is 22.2 Å². The van der Waals surface area contributed by atoms with Gasteiger partial charge in [-0.25, -0.2) is 4.98 Å². The molecule has 1 heterocycles. The number of carbonyl (C=O) groups is 1. The lowest BCUT2D eigenvalue weighted by Crippen LogP contribution is -2.31. The molecule has 128 valence electrons. The third-order valence-corrected chi connectivity index (χ3v) is 5.05. The fourth-order valence-corrected chi connectivity index (χ4v) is 3.31. The summed E-state index contributed by atoms with van der Waals surface area (Å²) in [5.74, 6) is 1.41. The number of aromatic nitrogens is 1. The Morgan fingerprint density at radius 2 is 2.08 bits per heavy atom. The van der Waals surface area contributed by atoms with E-state index in [4.69, 9.17) is 14.2 Å². The molecule has 1 aliphatic rings. The lowest BCUT2D eigenvalue weighted by atomic mass is 10.1. The largest absolute Gasteiger partial charge is 0.497 e. The van der Waals surface area contributed by atoms with Gasteiger partial charge in [0, 0.05) is 25.2 Å². The van der Waals surface area contributed by atoms with Crippen LogP contribution in [-0.4, -0.2) is 37.8 Å². The minimum atomic E-state index is -0.636. The number of nitrogens with one attached hydrogen (secondary N) is 1. The van der Waals surface area contributed by atoms with Gasteiger partial charge in [0.05, 0.1) is 25.4 Å². The van der Waals surface area contributed by atoms with Crippen LogP contribution in [0, 0.1) is 0 Å². The highest BCUT2D eigenvalue weighted by atomic mass is 32.1. The summed E-state index contributed by atoms with van der Waals surface area (Å²) in [7, 11) is 4.82. The number of hydrogen-bond acceptors (Lipinski definition) is 6. The highest BCUT2D eigenvalue weighted by Crippen LogP contribution is 2.40. The fraction of sp³-hybridized carbons (Fsp3) is 0.412. The van der Waals surface area contributed by atoms with E-state index in [0.29, 0.717) is 6.42 Å². The van der Waals surface area contributed by atoms with Crippen molar-refractivity contribution in [3.05, 3.63) is 35.0 Å². The molecule has 1 aromatic heterocycles. The Morgan fingerprint density at radius 1 is 1.29 bits per heavy atom. The van der Waals surface area contributed by atoms with E-state index in [-0.39, 0.29) is 5.91 Å². The predicted molar refractivity (Wildman–Crippen MR) is 92.1 cm³/mol. The first-order valence-electron chi connectivity index (χ1n) is 7.62. The monoisotopic (exact) mass is 348 g/mol. The van der Waals surface area contributed by atoms with E-state index in [1.165, 1.54) is 11.3 Å². The first kappa shape index (κ1) is 16.7. The van der Waals surface area contributed by atoms with E-state index in [9.17, 15) is 4.79 Å². The second-order valence-electron chi connectivity index (χ2n) is 5.63. The molecule has 1 aromatic carbocycles. The second kappa shape index (κ2) is 6.78. The molecular formula is C17H20N2O4S. The number of hydrogen-bond donors (Lipinski definition) is 1. The van der Waals surface area contributed by atoms with Gasteiger partial charge in [-0.05, 0) is 18.9 Å². The van der Waals surface area contributed by atoms with Gasteiger partial charge in [-0.15, -0.1) is 11.3 Å². The zero-order valence-corrected chi connectivity index (χ0v) is 14.7. The molecule has 0 bridgehead atoms. The Kier molecular flexibility index (Phi) is 4.73. The number of rotatable bonds is 7. The van der Waals surface area contributed by atoms with Crippen LogP contribution >= 0.6 is 11.3 Å². The molecule has 0 saturated heterocycles. The van der Waals surface area contributed by atoms with Gasteiger partial charge < -0.3 is 19.5 Å². The summed E-state index contributed by atoms with van der Waals surface area (Å²) in [6.07, 6.45) is 3.84. The highest BCUT2D eigenvalue weighted by Gasteiger charge is 2.50. The van der Waals surface area contributed by atoms with Crippen molar-refractivity contribution in [3.8, 4) is 11.5 Å². The molecule has 0 radical (unpaired) electrons. The maximum atomic E-state index is 12.2. The number of ether oxygens (including phenoxy) is 3. The van der Waals surface area contributed by atoms with Crippen LogP contribution in [0.3, 0.4) is 0 Å². The zero-order chi connectivity index (χ0) is 17.2. The predicted octanol–water partition coefficient (Wildman–Crippen LogP) is 2.87. The number of thiazole rings is 1. The molecule has 1 N–H and O–H groups in total. The molecule has 1 amide bonds. The standard InChI is InChI=1S/C17H20N2O4S/c1-21-12-5-4-11(13(9-12)22-2)8-14-18-10-15(24-14)19-16(20)17(23-3)6-7-17/h4-5,9-10H,6-8H2,1-3H3,(H,19,20). The van der Waals surface area contributed by atoms with Crippen LogP contribution in [0.15, 0.2) is 24.4 Å². The third-order valence-electron chi connectivity index (χ3n) is 4.13. The van der Waals surface area contributed by atoms with Crippen molar-refractivity contribution in [3.63, 3.8) is 0 Å². The number of benzene rings is 1. The van der Waals surface area contributed by atoms with E-state index < -0.39 is 5.60 Å². The summed E-state index contributed by atoms with van der Waals surface area (Å²) >= 11 is 1.45. The van der Waals surface area contributed by atoms with E-state index in [1.807, 2.05) is 18.2 Å². The van der Waals surface area contributed by atoms with E-state index >= 15 is 0 Å². The molecule has 0 aliphatic heterocycles. The molecule has 0 spiro atoms. The first-order chi connectivity index (χ1) is 11.6. The van der Waals surface area contributed by atoms with E-state index in [0.717, 1.165) is 39.9 Å². The Morgan fingerprint density at radius 3 is 2.71 bits per heavy atom. The number of carbonyl (C=O) groups excluding carboxylic acids is 1. The van der Waals surface area contributed by atoms with Gasteiger partial charge in [-0.1, -0.05) is 6.07 Å². The van der Waals surface area contributed by atoms with Gasteiger partial charge >= 0.3 is 0 Å². The number of methoxy groups -OCH3 is 3. The molecule has 0 atom stereocenters. The molecule has 2 aromatic rings. The third kappa shape index (κ3) is 3.37. The van der Waals surface area contributed by atoms with Gasteiger partial charge in [0.1, 0.15) is 22.1 Å². The summed E-state index contributed by atoms with van der Waals surface area (Å²) in [6.45, 7) is 0. The average molecular weight is 348 g/mol. The van der Waals surface area contributed by atoms with Crippen molar-refractivity contribution in [2.45, 2.75) is 24.9 Å². The molecule has 7 heteroatoms. The minimum absolute atomic E-state index is 0.0952. The van der Waals surface area contributed by atoms with Crippen LogP contribution in [0.5, 0.6) is 11.5 Å². The summed E-state index contributed by atoms with van der Waals surface area (Å²) in [6, 6.07) is 5.70. The summed E-state index contributed by atoms with van der Waals surface area (Å²) in [5, 5.41) is 4.52. The molecular weight excluding hydrogens is 328 g/mol. The lowest BCUT2D eigenvalue weighted by Gasteiger charge is -2.11. The Bertz CT molecular complexity index is 740. The number of amides is 1. The molecule has 24 heavy (non-hydrogen) atoms. The van der Waals surface area contributed by atoms with Crippen LogP contribution in [0.1, 0.15) is 23.4 Å². The van der Waals surface area contributed by atoms with E-state index in [1.54, 1.807) is 27.5 Å². The van der Waals surface area contributed by atoms with Gasteiger partial charge in [0.2, 0.25) is 0 Å². The average Bonchev–Trinajstić information content (AvgIpc) is 3.30. The van der Waals surface area contributed by atoms with Gasteiger partial charge in [0.15, 0.2) is 0 Å². The Labute approximate surface area is 144 Å².